The quantitative estimate of drug-likeness (QED) is 0.435. The highest BCUT2D eigenvalue weighted by molar-refractivity contribution is 6.08. The fourth-order valence-corrected chi connectivity index (χ4v) is 3.73. The lowest BCUT2D eigenvalue weighted by Gasteiger charge is -2.17. The molecule has 0 fully saturated rings. The smallest absolute Gasteiger partial charge is 0.119 e. The zero-order valence-electron chi connectivity index (χ0n) is 15.6. The molecule has 0 heterocycles. The van der Waals surface area contributed by atoms with Gasteiger partial charge in [-0.2, -0.15) is 0 Å². The summed E-state index contributed by atoms with van der Waals surface area (Å²) in [6, 6.07) is 21.3. The van der Waals surface area contributed by atoms with Crippen LogP contribution >= 0.6 is 0 Å². The topological polar surface area (TPSA) is 18.5 Å². The minimum absolute atomic E-state index is 0.875. The van der Waals surface area contributed by atoms with Crippen molar-refractivity contribution in [2.24, 2.45) is 0 Å². The number of methoxy groups -OCH3 is 2. The lowest BCUT2D eigenvalue weighted by Crippen LogP contribution is -1.93. The molecule has 0 spiro atoms. The molecule has 0 amide bonds. The minimum Gasteiger partial charge on any atom is -0.497 e. The Bertz CT molecular complexity index is 1030. The van der Waals surface area contributed by atoms with E-state index in [1.54, 1.807) is 14.2 Å². The molecule has 0 bridgehead atoms. The summed E-state index contributed by atoms with van der Waals surface area (Å²) in [7, 11) is 3.43. The van der Waals surface area contributed by atoms with E-state index in [0.29, 0.717) is 0 Å². The summed E-state index contributed by atoms with van der Waals surface area (Å²) < 4.78 is 11.0. The molecule has 130 valence electrons. The van der Waals surface area contributed by atoms with E-state index in [4.69, 9.17) is 9.47 Å². The molecule has 0 aromatic heterocycles. The number of hydrogen-bond donors (Lipinski definition) is 0. The van der Waals surface area contributed by atoms with Crippen molar-refractivity contribution in [2.45, 2.75) is 13.8 Å². The van der Waals surface area contributed by atoms with Crippen LogP contribution in [0.25, 0.3) is 32.7 Å². The molecule has 0 aliphatic carbocycles. The maximum absolute atomic E-state index is 5.49. The molecule has 0 saturated heterocycles. The minimum atomic E-state index is 0.875. The predicted octanol–water partition coefficient (Wildman–Crippen LogP) is 6.29. The Hall–Kier alpha value is -3.00. The van der Waals surface area contributed by atoms with E-state index in [-0.39, 0.29) is 0 Å². The molecule has 0 saturated carbocycles. The molecule has 4 aromatic rings. The van der Waals surface area contributed by atoms with Crippen LogP contribution in [0.4, 0.5) is 0 Å². The summed E-state index contributed by atoms with van der Waals surface area (Å²) in [6.07, 6.45) is 0. The van der Waals surface area contributed by atoms with Crippen molar-refractivity contribution in [1.29, 1.82) is 0 Å². The normalized spacial score (nSPS) is 11.1. The lowest BCUT2D eigenvalue weighted by atomic mass is 9.88. The summed E-state index contributed by atoms with van der Waals surface area (Å²) in [4.78, 5) is 0. The molecule has 0 aliphatic heterocycles. The van der Waals surface area contributed by atoms with Gasteiger partial charge in [0.1, 0.15) is 11.5 Å². The Morgan fingerprint density at radius 2 is 0.923 bits per heavy atom. The van der Waals surface area contributed by atoms with Gasteiger partial charge in [-0.15, -0.1) is 0 Å². The fourth-order valence-electron chi connectivity index (χ4n) is 3.73. The van der Waals surface area contributed by atoms with Gasteiger partial charge in [0.15, 0.2) is 0 Å². The van der Waals surface area contributed by atoms with Gasteiger partial charge in [0.2, 0.25) is 0 Å². The summed E-state index contributed by atoms with van der Waals surface area (Å²) in [5.41, 5.74) is 5.03. The Morgan fingerprint density at radius 3 is 1.31 bits per heavy atom. The van der Waals surface area contributed by atoms with Gasteiger partial charge < -0.3 is 9.47 Å². The summed E-state index contributed by atoms with van der Waals surface area (Å²) in [5, 5.41) is 4.85. The Balaban J connectivity index is 2.16. The zero-order chi connectivity index (χ0) is 18.3. The molecular formula is C24H22O2. The number of rotatable bonds is 3. The number of fused-ring (bicyclic) bond motifs is 2. The molecule has 0 radical (unpaired) electrons. The van der Waals surface area contributed by atoms with Gasteiger partial charge in [0, 0.05) is 0 Å². The van der Waals surface area contributed by atoms with Gasteiger partial charge in [-0.1, -0.05) is 36.4 Å². The summed E-state index contributed by atoms with van der Waals surface area (Å²) in [5.74, 6) is 1.75. The third-order valence-corrected chi connectivity index (χ3v) is 5.12. The summed E-state index contributed by atoms with van der Waals surface area (Å²) >= 11 is 0. The Morgan fingerprint density at radius 1 is 0.538 bits per heavy atom. The van der Waals surface area contributed by atoms with Crippen LogP contribution in [0.3, 0.4) is 0 Å². The molecule has 0 unspecified atom stereocenters. The third-order valence-electron chi connectivity index (χ3n) is 5.12. The largest absolute Gasteiger partial charge is 0.497 e. The lowest BCUT2D eigenvalue weighted by molar-refractivity contribution is 0.415. The standard InChI is InChI=1S/C24H22O2/c1-15-5-7-17-9-11-19(25-3)13-21(17)23(15)24-16(2)6-8-18-10-12-20(26-4)14-22(18)24/h5-14H,1-4H3. The zero-order valence-corrected chi connectivity index (χ0v) is 15.6. The van der Waals surface area contributed by atoms with E-state index in [1.165, 1.54) is 43.8 Å². The van der Waals surface area contributed by atoms with Crippen LogP contribution in [0.1, 0.15) is 11.1 Å². The average molecular weight is 342 g/mol. The first kappa shape index (κ1) is 16.5. The molecule has 0 N–H and O–H groups in total. The van der Waals surface area contributed by atoms with Crippen LogP contribution in [-0.4, -0.2) is 14.2 Å². The Kier molecular flexibility index (Phi) is 4.04. The number of aryl methyl sites for hydroxylation is 2. The monoisotopic (exact) mass is 342 g/mol. The van der Waals surface area contributed by atoms with Gasteiger partial charge >= 0.3 is 0 Å². The second-order valence-electron chi connectivity index (χ2n) is 6.69. The van der Waals surface area contributed by atoms with Gasteiger partial charge in [0.05, 0.1) is 14.2 Å². The SMILES string of the molecule is COc1ccc2ccc(C)c(-c3c(C)ccc4ccc(OC)cc34)c2c1. The first-order valence-electron chi connectivity index (χ1n) is 8.77. The van der Waals surface area contributed by atoms with Crippen LogP contribution in [0.5, 0.6) is 11.5 Å². The van der Waals surface area contributed by atoms with E-state index in [1.807, 2.05) is 12.1 Å². The van der Waals surface area contributed by atoms with Gasteiger partial charge in [-0.05, 0) is 81.9 Å². The third kappa shape index (κ3) is 2.59. The molecule has 2 nitrogen and oxygen atoms in total. The highest BCUT2D eigenvalue weighted by Gasteiger charge is 2.14. The second kappa shape index (κ2) is 6.38. The van der Waals surface area contributed by atoms with Gasteiger partial charge in [-0.25, -0.2) is 0 Å². The maximum atomic E-state index is 5.49. The van der Waals surface area contributed by atoms with Crippen molar-refractivity contribution in [1.82, 2.24) is 0 Å². The molecule has 4 rings (SSSR count). The van der Waals surface area contributed by atoms with Gasteiger partial charge in [0.25, 0.3) is 0 Å². The highest BCUT2D eigenvalue weighted by atomic mass is 16.5. The number of ether oxygens (including phenoxy) is 2. The molecule has 0 aliphatic rings. The van der Waals surface area contributed by atoms with Crippen molar-refractivity contribution >= 4 is 21.5 Å². The average Bonchev–Trinajstić information content (AvgIpc) is 2.68. The maximum Gasteiger partial charge on any atom is 0.119 e. The molecule has 26 heavy (non-hydrogen) atoms. The molecular weight excluding hydrogens is 320 g/mol. The van der Waals surface area contributed by atoms with Crippen LogP contribution in [0.2, 0.25) is 0 Å². The van der Waals surface area contributed by atoms with E-state index < -0.39 is 0 Å². The Labute approximate surface area is 154 Å². The van der Waals surface area contributed by atoms with Crippen LogP contribution in [0.15, 0.2) is 60.7 Å². The van der Waals surface area contributed by atoms with E-state index in [2.05, 4.69) is 62.4 Å². The van der Waals surface area contributed by atoms with Crippen LogP contribution < -0.4 is 9.47 Å². The second-order valence-corrected chi connectivity index (χ2v) is 6.69. The summed E-state index contributed by atoms with van der Waals surface area (Å²) in [6.45, 7) is 4.35. The highest BCUT2D eigenvalue weighted by Crippen LogP contribution is 2.40. The number of benzene rings is 4. The van der Waals surface area contributed by atoms with E-state index in [0.717, 1.165) is 11.5 Å². The van der Waals surface area contributed by atoms with Crippen molar-refractivity contribution in [3.63, 3.8) is 0 Å². The van der Waals surface area contributed by atoms with Crippen LogP contribution in [-0.2, 0) is 0 Å². The van der Waals surface area contributed by atoms with Crippen LogP contribution in [0, 0.1) is 13.8 Å². The predicted molar refractivity (Wildman–Crippen MR) is 109 cm³/mol. The fraction of sp³-hybridized carbons (Fsp3) is 0.167. The first-order valence-corrected chi connectivity index (χ1v) is 8.77. The van der Waals surface area contributed by atoms with Gasteiger partial charge in [-0.3, -0.25) is 0 Å². The van der Waals surface area contributed by atoms with Crippen molar-refractivity contribution in [3.8, 4) is 22.6 Å². The molecule has 0 atom stereocenters. The van der Waals surface area contributed by atoms with Crippen molar-refractivity contribution in [3.05, 3.63) is 71.8 Å². The van der Waals surface area contributed by atoms with E-state index >= 15 is 0 Å². The molecule has 2 heteroatoms. The first-order chi connectivity index (χ1) is 12.6. The number of hydrogen-bond acceptors (Lipinski definition) is 2. The van der Waals surface area contributed by atoms with Crippen molar-refractivity contribution < 1.29 is 9.47 Å². The molecule has 4 aromatic carbocycles. The van der Waals surface area contributed by atoms with E-state index in [9.17, 15) is 0 Å². The van der Waals surface area contributed by atoms with Crippen molar-refractivity contribution in [2.75, 3.05) is 14.2 Å².